The summed E-state index contributed by atoms with van der Waals surface area (Å²) in [5.74, 6) is 0.267. The summed E-state index contributed by atoms with van der Waals surface area (Å²) in [6.07, 6.45) is 0.333. The highest BCUT2D eigenvalue weighted by atomic mass is 28.5. The van der Waals surface area contributed by atoms with Crippen molar-refractivity contribution in [1.82, 2.24) is 19.6 Å². The van der Waals surface area contributed by atoms with Crippen LogP contribution in [0.15, 0.2) is 12.5 Å². The number of aliphatic hydroxyl groups excluding tert-OH is 1. The summed E-state index contributed by atoms with van der Waals surface area (Å²) in [6, 6.07) is 0. The van der Waals surface area contributed by atoms with Crippen LogP contribution in [-0.4, -0.2) is 66.7 Å². The first-order valence-corrected chi connectivity index (χ1v) is 16.2. The standard InChI is InChI=1S/C22H39N5O5Si2/c1-12(2)33(13(3)4)29-10-17-20(31-34(32-33,14(5)6)15(7)8)18(28)19(30-17)16-9-24-22-21(23)25-11-26-27(16)22/h9,11-15,17-20,28H,10H2,1-8H3,(H2,23,25,26)/t17-,18+,19+,20-/m1/s1. The minimum Gasteiger partial charge on any atom is -0.414 e. The zero-order valence-electron chi connectivity index (χ0n) is 21.4. The molecule has 0 aliphatic carbocycles. The van der Waals surface area contributed by atoms with E-state index < -0.39 is 41.5 Å². The molecule has 0 unspecified atom stereocenters. The zero-order valence-corrected chi connectivity index (χ0v) is 23.4. The van der Waals surface area contributed by atoms with E-state index in [0.29, 0.717) is 17.9 Å². The maximum absolute atomic E-state index is 11.5. The van der Waals surface area contributed by atoms with E-state index in [1.54, 1.807) is 10.7 Å². The minimum atomic E-state index is -2.86. The number of rotatable bonds is 5. The fourth-order valence-corrected chi connectivity index (χ4v) is 16.7. The van der Waals surface area contributed by atoms with E-state index >= 15 is 0 Å². The van der Waals surface area contributed by atoms with Gasteiger partial charge in [0.25, 0.3) is 0 Å². The van der Waals surface area contributed by atoms with Gasteiger partial charge in [0.2, 0.25) is 0 Å². The third-order valence-corrected chi connectivity index (χ3v) is 17.6. The molecule has 2 saturated heterocycles. The molecule has 2 aromatic rings. The van der Waals surface area contributed by atoms with Crippen LogP contribution >= 0.6 is 0 Å². The van der Waals surface area contributed by atoms with E-state index in [2.05, 4.69) is 70.5 Å². The normalized spacial score (nSPS) is 29.2. The molecule has 2 aliphatic heterocycles. The maximum atomic E-state index is 11.5. The van der Waals surface area contributed by atoms with Crippen LogP contribution in [0.25, 0.3) is 5.65 Å². The lowest BCUT2D eigenvalue weighted by atomic mass is 10.1. The number of nitrogens with zero attached hydrogens (tertiary/aromatic N) is 4. The van der Waals surface area contributed by atoms with Crippen molar-refractivity contribution in [3.63, 3.8) is 0 Å². The maximum Gasteiger partial charge on any atom is 0.335 e. The molecule has 10 nitrogen and oxygen atoms in total. The first-order valence-electron chi connectivity index (χ1n) is 12.2. The Morgan fingerprint density at radius 3 is 2.21 bits per heavy atom. The smallest absolute Gasteiger partial charge is 0.335 e. The number of fused-ring (bicyclic) bond motifs is 2. The summed E-state index contributed by atoms with van der Waals surface area (Å²) < 4.78 is 28.9. The van der Waals surface area contributed by atoms with Crippen molar-refractivity contribution < 1.29 is 22.8 Å². The van der Waals surface area contributed by atoms with Crippen LogP contribution in [0.5, 0.6) is 0 Å². The number of nitrogens with two attached hydrogens (primary N) is 1. The molecule has 2 aromatic heterocycles. The Kier molecular flexibility index (Phi) is 6.97. The molecule has 3 N–H and O–H groups in total. The van der Waals surface area contributed by atoms with Gasteiger partial charge in [-0.15, -0.1) is 0 Å². The summed E-state index contributed by atoms with van der Waals surface area (Å²) >= 11 is 0. The van der Waals surface area contributed by atoms with E-state index in [9.17, 15) is 5.11 Å². The molecule has 2 aliphatic rings. The average molecular weight is 510 g/mol. The predicted octanol–water partition coefficient (Wildman–Crippen LogP) is 3.46. The van der Waals surface area contributed by atoms with Crippen LogP contribution in [0.3, 0.4) is 0 Å². The lowest BCUT2D eigenvalue weighted by Gasteiger charge is -2.51. The van der Waals surface area contributed by atoms with Gasteiger partial charge in [-0.05, 0) is 22.2 Å². The Hall–Kier alpha value is -1.42. The summed E-state index contributed by atoms with van der Waals surface area (Å²) in [5.41, 5.74) is 7.78. The van der Waals surface area contributed by atoms with E-state index in [1.165, 1.54) is 6.33 Å². The summed E-state index contributed by atoms with van der Waals surface area (Å²) in [4.78, 5) is 8.35. The molecule has 4 atom stereocenters. The number of hydrogen-bond acceptors (Lipinski definition) is 9. The highest BCUT2D eigenvalue weighted by Crippen LogP contribution is 2.48. The molecule has 0 radical (unpaired) electrons. The highest BCUT2D eigenvalue weighted by Gasteiger charge is 2.61. The largest absolute Gasteiger partial charge is 0.414 e. The Morgan fingerprint density at radius 2 is 1.62 bits per heavy atom. The second-order valence-corrected chi connectivity index (χ2v) is 19.6. The molecule has 0 saturated carbocycles. The average Bonchev–Trinajstić information content (AvgIpc) is 3.29. The number of hydrogen-bond donors (Lipinski definition) is 2. The van der Waals surface area contributed by atoms with Crippen LogP contribution < -0.4 is 5.73 Å². The molecule has 0 aromatic carbocycles. The summed E-state index contributed by atoms with van der Waals surface area (Å²) in [5, 5.41) is 15.8. The van der Waals surface area contributed by atoms with E-state index in [-0.39, 0.29) is 28.0 Å². The minimum absolute atomic E-state index is 0.161. The number of aromatic nitrogens is 4. The first-order chi connectivity index (χ1) is 15.9. The lowest BCUT2D eigenvalue weighted by molar-refractivity contribution is -0.0399. The number of anilines is 1. The highest BCUT2D eigenvalue weighted by molar-refractivity contribution is 6.83. The Morgan fingerprint density at radius 1 is 1.00 bits per heavy atom. The van der Waals surface area contributed by atoms with Crippen LogP contribution in [0, 0.1) is 0 Å². The fourth-order valence-electron chi connectivity index (χ4n) is 5.45. The van der Waals surface area contributed by atoms with Gasteiger partial charge in [-0.1, -0.05) is 55.4 Å². The molecule has 34 heavy (non-hydrogen) atoms. The van der Waals surface area contributed by atoms with Crippen LogP contribution in [-0.2, 0) is 17.7 Å². The van der Waals surface area contributed by atoms with Gasteiger partial charge in [0.1, 0.15) is 30.7 Å². The Balaban J connectivity index is 1.77. The van der Waals surface area contributed by atoms with E-state index in [4.69, 9.17) is 23.4 Å². The van der Waals surface area contributed by atoms with Crippen molar-refractivity contribution in [2.24, 2.45) is 0 Å². The fraction of sp³-hybridized carbons (Fsp3) is 0.773. The van der Waals surface area contributed by atoms with Crippen molar-refractivity contribution in [1.29, 1.82) is 0 Å². The van der Waals surface area contributed by atoms with Crippen molar-refractivity contribution in [3.8, 4) is 0 Å². The molecule has 4 heterocycles. The van der Waals surface area contributed by atoms with Gasteiger partial charge in [0.05, 0.1) is 18.5 Å². The Bertz CT molecular complexity index is 1000. The van der Waals surface area contributed by atoms with Crippen LogP contribution in [0.4, 0.5) is 5.82 Å². The third kappa shape index (κ3) is 3.92. The van der Waals surface area contributed by atoms with Gasteiger partial charge in [-0.3, -0.25) is 0 Å². The second-order valence-electron chi connectivity index (χ2n) is 10.7. The molecule has 0 spiro atoms. The molecular formula is C22H39N5O5Si2. The van der Waals surface area contributed by atoms with Crippen molar-refractivity contribution in [2.75, 3.05) is 12.3 Å². The number of nitrogen functional groups attached to an aromatic ring is 1. The van der Waals surface area contributed by atoms with Crippen molar-refractivity contribution in [2.45, 2.75) is 102 Å². The van der Waals surface area contributed by atoms with Crippen LogP contribution in [0.1, 0.15) is 67.2 Å². The van der Waals surface area contributed by atoms with Crippen molar-refractivity contribution >= 4 is 28.6 Å². The molecular weight excluding hydrogens is 470 g/mol. The monoisotopic (exact) mass is 509 g/mol. The second kappa shape index (κ2) is 9.23. The number of imidazole rings is 1. The van der Waals surface area contributed by atoms with Crippen molar-refractivity contribution in [3.05, 3.63) is 18.2 Å². The third-order valence-electron chi connectivity index (χ3n) is 7.31. The van der Waals surface area contributed by atoms with E-state index in [1.807, 2.05) is 0 Å². The van der Waals surface area contributed by atoms with Crippen LogP contribution in [0.2, 0.25) is 22.2 Å². The summed E-state index contributed by atoms with van der Waals surface area (Å²) in [7, 11) is -5.54. The topological polar surface area (TPSA) is 126 Å². The molecule has 0 bridgehead atoms. The molecule has 4 rings (SSSR count). The molecule has 2 fully saturated rings. The molecule has 0 amide bonds. The summed E-state index contributed by atoms with van der Waals surface area (Å²) in [6.45, 7) is 17.7. The van der Waals surface area contributed by atoms with Gasteiger partial charge in [0.15, 0.2) is 11.5 Å². The number of ether oxygens (including phenoxy) is 1. The molecule has 12 heteroatoms. The van der Waals surface area contributed by atoms with Gasteiger partial charge in [-0.25, -0.2) is 14.5 Å². The number of aliphatic hydroxyl groups is 1. The SMILES string of the molecule is CC(C)[Si]1(C(C)C)OC[C@H]2O[C@@H](c3cnc4c(N)ncnn34)[C@H](O)[C@@H]2O[Si](C(C)C)(C(C)C)O1. The van der Waals surface area contributed by atoms with Gasteiger partial charge >= 0.3 is 17.1 Å². The zero-order chi connectivity index (χ0) is 25.0. The van der Waals surface area contributed by atoms with Gasteiger partial charge in [-0.2, -0.15) is 5.10 Å². The molecule has 190 valence electrons. The predicted molar refractivity (Wildman–Crippen MR) is 133 cm³/mol. The van der Waals surface area contributed by atoms with Gasteiger partial charge in [0, 0.05) is 0 Å². The van der Waals surface area contributed by atoms with E-state index in [0.717, 1.165) is 0 Å². The Labute approximate surface area is 203 Å². The first kappa shape index (κ1) is 25.7. The quantitative estimate of drug-likeness (QED) is 0.583. The lowest BCUT2D eigenvalue weighted by Crippen LogP contribution is -2.65. The van der Waals surface area contributed by atoms with Gasteiger partial charge < -0.3 is 28.5 Å².